The molecule has 0 aromatic heterocycles. The van der Waals surface area contributed by atoms with Crippen LogP contribution in [0.15, 0.2) is 0 Å². The van der Waals surface area contributed by atoms with Gasteiger partial charge in [-0.05, 0) is 12.8 Å². The second-order valence-corrected chi connectivity index (χ2v) is 18.7. The van der Waals surface area contributed by atoms with E-state index in [1.807, 2.05) is 0 Å². The lowest BCUT2D eigenvalue weighted by Gasteiger charge is -2.42. The van der Waals surface area contributed by atoms with Gasteiger partial charge in [0.15, 0.2) is 18.7 Å². The van der Waals surface area contributed by atoms with Crippen molar-refractivity contribution in [1.82, 2.24) is 0 Å². The first-order chi connectivity index (χ1) is 31.5. The van der Waals surface area contributed by atoms with Crippen LogP contribution in [0.1, 0.15) is 213 Å². The van der Waals surface area contributed by atoms with Crippen molar-refractivity contribution >= 4 is 11.9 Å². The van der Waals surface area contributed by atoms with Gasteiger partial charge < -0.3 is 64.2 Å². The molecule has 15 heteroatoms. The summed E-state index contributed by atoms with van der Waals surface area (Å²) in [7, 11) is 0. The first-order valence-electron chi connectivity index (χ1n) is 26.1. The van der Waals surface area contributed by atoms with E-state index in [0.717, 1.165) is 38.5 Å². The second-order valence-electron chi connectivity index (χ2n) is 18.7. The van der Waals surface area contributed by atoms with Crippen molar-refractivity contribution < 1.29 is 73.8 Å². The molecule has 0 aliphatic carbocycles. The summed E-state index contributed by atoms with van der Waals surface area (Å²) < 4.78 is 33.6. The summed E-state index contributed by atoms with van der Waals surface area (Å²) in [6, 6.07) is 0. The van der Waals surface area contributed by atoms with Gasteiger partial charge in [-0.3, -0.25) is 9.59 Å². The first kappa shape index (κ1) is 59.6. The number of rotatable bonds is 41. The van der Waals surface area contributed by atoms with Crippen LogP contribution in [0.2, 0.25) is 0 Å². The lowest BCUT2D eigenvalue weighted by Crippen LogP contribution is -2.61. The molecule has 0 aromatic rings. The number of unbranched alkanes of at least 4 members (excludes halogenated alkanes) is 27. The van der Waals surface area contributed by atoms with Gasteiger partial charge in [0.25, 0.3) is 0 Å². The third-order valence-corrected chi connectivity index (χ3v) is 12.8. The van der Waals surface area contributed by atoms with Gasteiger partial charge in [0.1, 0.15) is 55.4 Å². The molecule has 2 aliphatic heterocycles. The normalized spacial score (nSPS) is 26.3. The minimum atomic E-state index is -1.76. The van der Waals surface area contributed by atoms with Crippen molar-refractivity contribution in [2.75, 3.05) is 26.4 Å². The summed E-state index contributed by atoms with van der Waals surface area (Å²) >= 11 is 0. The van der Waals surface area contributed by atoms with E-state index in [1.54, 1.807) is 0 Å². The maximum atomic E-state index is 13.0. The topological polar surface area (TPSA) is 231 Å². The Hall–Kier alpha value is -1.50. The van der Waals surface area contributed by atoms with Crippen LogP contribution in [0.25, 0.3) is 0 Å². The fraction of sp³-hybridized carbons (Fsp3) is 0.960. The van der Waals surface area contributed by atoms with Gasteiger partial charge in [0, 0.05) is 12.8 Å². The summed E-state index contributed by atoms with van der Waals surface area (Å²) in [6.45, 7) is 2.62. The quantitative estimate of drug-likeness (QED) is 0.0237. The molecule has 0 saturated carbocycles. The highest BCUT2D eigenvalue weighted by Crippen LogP contribution is 2.27. The molecule has 2 aliphatic rings. The van der Waals surface area contributed by atoms with Crippen LogP contribution in [0.5, 0.6) is 0 Å². The molecule has 4 unspecified atom stereocenters. The Morgan fingerprint density at radius 1 is 0.431 bits per heavy atom. The lowest BCUT2D eigenvalue weighted by molar-refractivity contribution is -0.332. The number of hydrogen-bond donors (Lipinski definition) is 7. The molecule has 15 nitrogen and oxygen atoms in total. The Balaban J connectivity index is 1.80. The zero-order valence-electron chi connectivity index (χ0n) is 40.5. The molecular weight excluding hydrogens is 841 g/mol. The van der Waals surface area contributed by atoms with E-state index < -0.39 is 92.7 Å². The fourth-order valence-electron chi connectivity index (χ4n) is 8.51. The molecule has 7 N–H and O–H groups in total. The van der Waals surface area contributed by atoms with Crippen molar-refractivity contribution in [3.63, 3.8) is 0 Å². The minimum Gasteiger partial charge on any atom is -0.462 e. The largest absolute Gasteiger partial charge is 0.462 e. The minimum absolute atomic E-state index is 0.173. The monoisotopic (exact) mass is 935 g/mol. The first-order valence-corrected chi connectivity index (χ1v) is 26.1. The zero-order chi connectivity index (χ0) is 47.5. The molecule has 0 radical (unpaired) electrons. The van der Waals surface area contributed by atoms with E-state index in [0.29, 0.717) is 12.8 Å². The third kappa shape index (κ3) is 26.7. The van der Waals surface area contributed by atoms with Gasteiger partial charge >= 0.3 is 11.9 Å². The van der Waals surface area contributed by atoms with Crippen molar-refractivity contribution in [3.05, 3.63) is 0 Å². The van der Waals surface area contributed by atoms with E-state index >= 15 is 0 Å². The van der Waals surface area contributed by atoms with E-state index in [9.17, 15) is 45.3 Å². The number of aliphatic hydroxyl groups is 7. The standard InChI is InChI=1S/C50H94O15/c1-3-5-7-9-11-13-15-17-19-21-22-24-26-28-30-32-41(52)60-35-38(63-42(53)33-31-29-27-25-23-20-18-16-14-12-10-8-6-4-2)36-61-49-48(59)46(57)44(55)40(65-49)37-62-50-47(58)45(56)43(54)39(34-51)64-50/h38-40,43-51,54-59H,3-37H2,1-2H3/t38-,39-,40-,43+,44+,45?,46?,47?,48?,49-,50+/m1/s1. The number of carbonyl (C=O) groups excluding carboxylic acids is 2. The van der Waals surface area contributed by atoms with Gasteiger partial charge in [0.05, 0.1) is 19.8 Å². The van der Waals surface area contributed by atoms with Crippen LogP contribution in [0, 0.1) is 0 Å². The Bertz CT molecular complexity index is 1150. The fourth-order valence-corrected chi connectivity index (χ4v) is 8.51. The SMILES string of the molecule is CCCCCCCCCCCCCCCCCC(=O)OC[C@H](CO[C@@H]1O[C@H](CO[C@H]2O[C@H](CO)[C@H](O)C(O)C2O)[C@H](O)C(O)C1O)OC(=O)CCCCCCCCCCCCCCCC. The van der Waals surface area contributed by atoms with Gasteiger partial charge in [0.2, 0.25) is 0 Å². The Labute approximate surface area is 391 Å². The molecule has 2 heterocycles. The number of aliphatic hydroxyl groups excluding tert-OH is 7. The van der Waals surface area contributed by atoms with Crippen LogP contribution in [-0.2, 0) is 38.0 Å². The van der Waals surface area contributed by atoms with Crippen LogP contribution >= 0.6 is 0 Å². The highest BCUT2D eigenvalue weighted by Gasteiger charge is 2.47. The molecule has 0 bridgehead atoms. The molecule has 2 saturated heterocycles. The molecule has 2 fully saturated rings. The molecule has 0 spiro atoms. The summed E-state index contributed by atoms with van der Waals surface area (Å²) in [5, 5.41) is 72.0. The summed E-state index contributed by atoms with van der Waals surface area (Å²) in [4.78, 5) is 25.7. The maximum absolute atomic E-state index is 13.0. The molecule has 65 heavy (non-hydrogen) atoms. The van der Waals surface area contributed by atoms with Gasteiger partial charge in [-0.15, -0.1) is 0 Å². The predicted molar refractivity (Wildman–Crippen MR) is 248 cm³/mol. The van der Waals surface area contributed by atoms with Gasteiger partial charge in [-0.1, -0.05) is 187 Å². The number of hydrogen-bond acceptors (Lipinski definition) is 15. The summed E-state index contributed by atoms with van der Waals surface area (Å²) in [5.74, 6) is -0.909. The highest BCUT2D eigenvalue weighted by atomic mass is 16.7. The average Bonchev–Trinajstić information content (AvgIpc) is 3.30. The average molecular weight is 935 g/mol. The van der Waals surface area contributed by atoms with Gasteiger partial charge in [-0.25, -0.2) is 0 Å². The Kier molecular flexibility index (Phi) is 35.2. The number of esters is 2. The van der Waals surface area contributed by atoms with Crippen LogP contribution < -0.4 is 0 Å². The molecule has 11 atom stereocenters. The molecule has 2 rings (SSSR count). The molecular formula is C50H94O15. The van der Waals surface area contributed by atoms with E-state index in [-0.39, 0.29) is 26.1 Å². The van der Waals surface area contributed by atoms with Crippen LogP contribution in [0.4, 0.5) is 0 Å². The molecule has 384 valence electrons. The van der Waals surface area contributed by atoms with Crippen LogP contribution in [0.3, 0.4) is 0 Å². The second kappa shape index (κ2) is 38.4. The van der Waals surface area contributed by atoms with Crippen molar-refractivity contribution in [2.24, 2.45) is 0 Å². The van der Waals surface area contributed by atoms with Crippen molar-refractivity contribution in [2.45, 2.75) is 280 Å². The zero-order valence-corrected chi connectivity index (χ0v) is 40.5. The van der Waals surface area contributed by atoms with E-state index in [2.05, 4.69) is 13.8 Å². The summed E-state index contributed by atoms with van der Waals surface area (Å²) in [5.41, 5.74) is 0. The predicted octanol–water partition coefficient (Wildman–Crippen LogP) is 7.22. The summed E-state index contributed by atoms with van der Waals surface area (Å²) in [6.07, 6.45) is 18.4. The number of ether oxygens (including phenoxy) is 6. The highest BCUT2D eigenvalue weighted by molar-refractivity contribution is 5.70. The Morgan fingerprint density at radius 3 is 1.20 bits per heavy atom. The smallest absolute Gasteiger partial charge is 0.306 e. The third-order valence-electron chi connectivity index (χ3n) is 12.8. The van der Waals surface area contributed by atoms with Crippen molar-refractivity contribution in [3.8, 4) is 0 Å². The molecule has 0 amide bonds. The van der Waals surface area contributed by atoms with Crippen LogP contribution in [-0.4, -0.2) is 142 Å². The van der Waals surface area contributed by atoms with E-state index in [1.165, 1.54) is 135 Å². The van der Waals surface area contributed by atoms with E-state index in [4.69, 9.17) is 28.4 Å². The van der Waals surface area contributed by atoms with Crippen molar-refractivity contribution in [1.29, 1.82) is 0 Å². The van der Waals surface area contributed by atoms with Gasteiger partial charge in [-0.2, -0.15) is 0 Å². The Morgan fingerprint density at radius 2 is 0.785 bits per heavy atom. The maximum Gasteiger partial charge on any atom is 0.306 e. The number of carbonyl (C=O) groups is 2. The molecule has 0 aromatic carbocycles. The lowest BCUT2D eigenvalue weighted by atomic mass is 9.98.